The third kappa shape index (κ3) is 2.26. The molecule has 1 amide bonds. The summed E-state index contributed by atoms with van der Waals surface area (Å²) in [4.78, 5) is 18.0. The fourth-order valence-corrected chi connectivity index (χ4v) is 4.36. The SMILES string of the molecule is CCO[C@H]1C[C@H](O)C12CCN(C(=O)c1c[nH]c3ccccc13)CC2. The van der Waals surface area contributed by atoms with E-state index in [0.29, 0.717) is 19.7 Å². The number of likely N-dealkylation sites (tertiary alicyclic amines) is 1. The molecule has 1 aliphatic heterocycles. The standard InChI is InChI=1S/C19H24N2O3/c1-2-24-17-11-16(22)19(17)7-9-21(10-8-19)18(23)14-12-20-15-6-4-3-5-13(14)15/h3-6,12,16-17,20,22H,2,7-11H2,1H3/t16-,17-/m0/s1. The second kappa shape index (κ2) is 5.90. The summed E-state index contributed by atoms with van der Waals surface area (Å²) < 4.78 is 5.80. The first-order chi connectivity index (χ1) is 11.7. The molecule has 1 spiro atoms. The van der Waals surface area contributed by atoms with Gasteiger partial charge in [0.2, 0.25) is 0 Å². The van der Waals surface area contributed by atoms with Gasteiger partial charge in [-0.1, -0.05) is 18.2 Å². The van der Waals surface area contributed by atoms with E-state index >= 15 is 0 Å². The lowest BCUT2D eigenvalue weighted by Gasteiger charge is -2.56. The summed E-state index contributed by atoms with van der Waals surface area (Å²) in [6.45, 7) is 4.03. The van der Waals surface area contributed by atoms with Crippen LogP contribution < -0.4 is 0 Å². The molecule has 1 aliphatic carbocycles. The summed E-state index contributed by atoms with van der Waals surface area (Å²) >= 11 is 0. The van der Waals surface area contributed by atoms with Crippen LogP contribution in [0.5, 0.6) is 0 Å². The molecule has 2 aliphatic rings. The Morgan fingerprint density at radius 1 is 1.38 bits per heavy atom. The van der Waals surface area contributed by atoms with E-state index in [9.17, 15) is 9.90 Å². The predicted octanol–water partition coefficient (Wildman–Crippen LogP) is 2.56. The zero-order valence-corrected chi connectivity index (χ0v) is 14.0. The first-order valence-corrected chi connectivity index (χ1v) is 8.81. The number of hydrogen-bond donors (Lipinski definition) is 2. The first kappa shape index (κ1) is 15.7. The molecule has 2 N–H and O–H groups in total. The van der Waals surface area contributed by atoms with Gasteiger partial charge < -0.3 is 19.7 Å². The molecular formula is C19H24N2O3. The molecule has 2 heterocycles. The van der Waals surface area contributed by atoms with E-state index in [1.165, 1.54) is 0 Å². The highest BCUT2D eigenvalue weighted by molar-refractivity contribution is 6.06. The zero-order valence-electron chi connectivity index (χ0n) is 14.0. The monoisotopic (exact) mass is 328 g/mol. The molecule has 2 fully saturated rings. The largest absolute Gasteiger partial charge is 0.392 e. The molecule has 0 radical (unpaired) electrons. The summed E-state index contributed by atoms with van der Waals surface area (Å²) in [7, 11) is 0. The van der Waals surface area contributed by atoms with Crippen molar-refractivity contribution in [3.05, 3.63) is 36.0 Å². The van der Waals surface area contributed by atoms with Gasteiger partial charge in [-0.2, -0.15) is 0 Å². The van der Waals surface area contributed by atoms with Gasteiger partial charge in [0, 0.05) is 48.6 Å². The number of piperidine rings is 1. The maximum Gasteiger partial charge on any atom is 0.256 e. The third-order valence-corrected chi connectivity index (χ3v) is 5.91. The third-order valence-electron chi connectivity index (χ3n) is 5.91. The van der Waals surface area contributed by atoms with Crippen molar-refractivity contribution in [3.8, 4) is 0 Å². The van der Waals surface area contributed by atoms with Gasteiger partial charge in [0.15, 0.2) is 0 Å². The van der Waals surface area contributed by atoms with Crippen LogP contribution in [0.25, 0.3) is 10.9 Å². The number of ether oxygens (including phenoxy) is 1. The fraction of sp³-hybridized carbons (Fsp3) is 0.526. The number of fused-ring (bicyclic) bond motifs is 1. The van der Waals surface area contributed by atoms with E-state index in [-0.39, 0.29) is 23.5 Å². The lowest BCUT2D eigenvalue weighted by atomic mass is 9.58. The van der Waals surface area contributed by atoms with Gasteiger partial charge in [0.25, 0.3) is 5.91 Å². The summed E-state index contributed by atoms with van der Waals surface area (Å²) in [6.07, 6.45) is 4.00. The lowest BCUT2D eigenvalue weighted by molar-refractivity contribution is -0.207. The van der Waals surface area contributed by atoms with Crippen LogP contribution >= 0.6 is 0 Å². The highest BCUT2D eigenvalue weighted by Crippen LogP contribution is 2.51. The highest BCUT2D eigenvalue weighted by atomic mass is 16.5. The number of hydrogen-bond acceptors (Lipinski definition) is 3. The van der Waals surface area contributed by atoms with Crippen LogP contribution in [0.1, 0.15) is 36.5 Å². The number of para-hydroxylation sites is 1. The number of rotatable bonds is 3. The van der Waals surface area contributed by atoms with Crippen molar-refractivity contribution in [2.75, 3.05) is 19.7 Å². The van der Waals surface area contributed by atoms with Crippen LogP contribution in [-0.4, -0.2) is 52.8 Å². The Kier molecular flexibility index (Phi) is 3.85. The minimum Gasteiger partial charge on any atom is -0.392 e. The summed E-state index contributed by atoms with van der Waals surface area (Å²) in [5.74, 6) is 0.0732. The number of aliphatic hydroxyl groups excluding tert-OH is 1. The van der Waals surface area contributed by atoms with Crippen molar-refractivity contribution in [1.29, 1.82) is 0 Å². The molecule has 2 aromatic rings. The first-order valence-electron chi connectivity index (χ1n) is 8.81. The number of aromatic nitrogens is 1. The number of nitrogens with one attached hydrogen (secondary N) is 1. The number of aromatic amines is 1. The van der Waals surface area contributed by atoms with Gasteiger partial charge >= 0.3 is 0 Å². The van der Waals surface area contributed by atoms with Gasteiger partial charge in [0.05, 0.1) is 17.8 Å². The Bertz CT molecular complexity index is 744. The number of aliphatic hydroxyl groups is 1. The van der Waals surface area contributed by atoms with E-state index in [0.717, 1.165) is 35.7 Å². The Morgan fingerprint density at radius 2 is 2.12 bits per heavy atom. The van der Waals surface area contributed by atoms with Crippen LogP contribution in [0.15, 0.2) is 30.5 Å². The summed E-state index contributed by atoms with van der Waals surface area (Å²) in [5.41, 5.74) is 1.57. The topological polar surface area (TPSA) is 65.6 Å². The Balaban J connectivity index is 1.49. The average molecular weight is 328 g/mol. The molecule has 5 nitrogen and oxygen atoms in total. The number of amides is 1. The average Bonchev–Trinajstić information content (AvgIpc) is 3.05. The van der Waals surface area contributed by atoms with Crippen LogP contribution in [0, 0.1) is 5.41 Å². The van der Waals surface area contributed by atoms with Crippen molar-refractivity contribution in [2.45, 2.75) is 38.4 Å². The molecule has 1 aromatic carbocycles. The second-order valence-electron chi connectivity index (χ2n) is 6.97. The van der Waals surface area contributed by atoms with E-state index in [2.05, 4.69) is 4.98 Å². The molecule has 5 heteroatoms. The minimum absolute atomic E-state index is 0.0732. The number of nitrogens with zero attached hydrogens (tertiary/aromatic N) is 1. The molecular weight excluding hydrogens is 304 g/mol. The van der Waals surface area contributed by atoms with E-state index in [4.69, 9.17) is 4.74 Å². The van der Waals surface area contributed by atoms with Gasteiger partial charge in [-0.05, 0) is 25.8 Å². The normalized spacial score (nSPS) is 25.8. The Morgan fingerprint density at radius 3 is 2.83 bits per heavy atom. The van der Waals surface area contributed by atoms with Crippen LogP contribution in [-0.2, 0) is 4.74 Å². The number of carbonyl (C=O) groups excluding carboxylic acids is 1. The molecule has 1 saturated carbocycles. The van der Waals surface area contributed by atoms with E-state index in [1.54, 1.807) is 6.20 Å². The Labute approximate surface area is 141 Å². The van der Waals surface area contributed by atoms with Crippen molar-refractivity contribution in [2.24, 2.45) is 5.41 Å². The maximum absolute atomic E-state index is 12.9. The molecule has 2 atom stereocenters. The summed E-state index contributed by atoms with van der Waals surface area (Å²) in [6, 6.07) is 7.87. The van der Waals surface area contributed by atoms with Crippen LogP contribution in [0.4, 0.5) is 0 Å². The molecule has 24 heavy (non-hydrogen) atoms. The molecule has 4 rings (SSSR count). The fourth-order valence-electron chi connectivity index (χ4n) is 4.36. The highest BCUT2D eigenvalue weighted by Gasteiger charge is 2.56. The predicted molar refractivity (Wildman–Crippen MR) is 91.9 cm³/mol. The summed E-state index contributed by atoms with van der Waals surface area (Å²) in [5, 5.41) is 11.3. The quantitative estimate of drug-likeness (QED) is 0.910. The maximum atomic E-state index is 12.9. The molecule has 128 valence electrons. The minimum atomic E-state index is -0.292. The van der Waals surface area contributed by atoms with Gasteiger partial charge in [-0.15, -0.1) is 0 Å². The van der Waals surface area contributed by atoms with Crippen molar-refractivity contribution in [1.82, 2.24) is 9.88 Å². The molecule has 1 saturated heterocycles. The van der Waals surface area contributed by atoms with Crippen molar-refractivity contribution < 1.29 is 14.6 Å². The van der Waals surface area contributed by atoms with E-state index in [1.807, 2.05) is 36.1 Å². The number of carbonyl (C=O) groups is 1. The molecule has 1 aromatic heterocycles. The number of benzene rings is 1. The lowest BCUT2D eigenvalue weighted by Crippen LogP contribution is -2.62. The van der Waals surface area contributed by atoms with Gasteiger partial charge in [-0.25, -0.2) is 0 Å². The number of H-pyrrole nitrogens is 1. The molecule has 0 bridgehead atoms. The van der Waals surface area contributed by atoms with Crippen molar-refractivity contribution in [3.63, 3.8) is 0 Å². The van der Waals surface area contributed by atoms with Crippen molar-refractivity contribution >= 4 is 16.8 Å². The smallest absolute Gasteiger partial charge is 0.256 e. The second-order valence-corrected chi connectivity index (χ2v) is 6.97. The van der Waals surface area contributed by atoms with Gasteiger partial charge in [-0.3, -0.25) is 4.79 Å². The van der Waals surface area contributed by atoms with Gasteiger partial charge in [0.1, 0.15) is 0 Å². The Hall–Kier alpha value is -1.85. The van der Waals surface area contributed by atoms with E-state index < -0.39 is 0 Å². The molecule has 0 unspecified atom stereocenters. The van der Waals surface area contributed by atoms with Crippen LogP contribution in [0.3, 0.4) is 0 Å². The zero-order chi connectivity index (χ0) is 16.7. The van der Waals surface area contributed by atoms with Crippen LogP contribution in [0.2, 0.25) is 0 Å².